The lowest BCUT2D eigenvalue weighted by molar-refractivity contribution is -0.136. The molecule has 0 spiro atoms. The minimum Gasteiger partial charge on any atom is -0.354 e. The van der Waals surface area contributed by atoms with E-state index in [0.29, 0.717) is 0 Å². The van der Waals surface area contributed by atoms with E-state index in [9.17, 15) is 4.79 Å². The van der Waals surface area contributed by atoms with E-state index >= 15 is 0 Å². The smallest absolute Gasteiger partial charge is 0.247 e. The summed E-state index contributed by atoms with van der Waals surface area (Å²) in [5, 5.41) is 0. The highest BCUT2D eigenvalue weighted by Crippen LogP contribution is 2.28. The number of nitrogens with two attached hydrogens (primary N) is 1. The Labute approximate surface area is 120 Å². The lowest BCUT2D eigenvalue weighted by atomic mass is 9.97. The fourth-order valence-electron chi connectivity index (χ4n) is 2.65. The van der Waals surface area contributed by atoms with Gasteiger partial charge in [-0.25, -0.2) is 0 Å². The normalized spacial score (nSPS) is 20.1. The summed E-state index contributed by atoms with van der Waals surface area (Å²) in [4.78, 5) is 20.6. The van der Waals surface area contributed by atoms with Crippen LogP contribution in [0.3, 0.4) is 0 Å². The SMILES string of the molecule is CC[C@@H](N)c1ccc(N2CCN(C)C(=O)C2(C)C)cn1. The second-order valence-corrected chi connectivity index (χ2v) is 5.89. The van der Waals surface area contributed by atoms with Crippen molar-refractivity contribution in [1.29, 1.82) is 0 Å². The third kappa shape index (κ3) is 2.50. The number of hydrogen-bond acceptors (Lipinski definition) is 4. The summed E-state index contributed by atoms with van der Waals surface area (Å²) in [7, 11) is 1.85. The number of pyridine rings is 1. The number of amides is 1. The van der Waals surface area contributed by atoms with Crippen LogP contribution in [0.15, 0.2) is 18.3 Å². The van der Waals surface area contributed by atoms with Gasteiger partial charge in [-0.15, -0.1) is 0 Å². The van der Waals surface area contributed by atoms with Crippen molar-refractivity contribution in [1.82, 2.24) is 9.88 Å². The molecule has 0 aliphatic carbocycles. The highest BCUT2D eigenvalue weighted by atomic mass is 16.2. The molecule has 1 amide bonds. The number of anilines is 1. The monoisotopic (exact) mass is 276 g/mol. The molecule has 1 fully saturated rings. The van der Waals surface area contributed by atoms with E-state index in [2.05, 4.69) is 9.88 Å². The van der Waals surface area contributed by atoms with Crippen molar-refractivity contribution >= 4 is 11.6 Å². The number of aromatic nitrogens is 1. The summed E-state index contributed by atoms with van der Waals surface area (Å²) < 4.78 is 0. The van der Waals surface area contributed by atoms with Crippen LogP contribution in [0.1, 0.15) is 38.9 Å². The zero-order valence-corrected chi connectivity index (χ0v) is 12.8. The molecule has 110 valence electrons. The lowest BCUT2D eigenvalue weighted by Gasteiger charge is -2.46. The Morgan fingerprint density at radius 1 is 1.40 bits per heavy atom. The van der Waals surface area contributed by atoms with Crippen molar-refractivity contribution in [3.05, 3.63) is 24.0 Å². The van der Waals surface area contributed by atoms with Crippen LogP contribution < -0.4 is 10.6 Å². The van der Waals surface area contributed by atoms with Crippen LogP contribution in [0.2, 0.25) is 0 Å². The van der Waals surface area contributed by atoms with Gasteiger partial charge in [0.2, 0.25) is 5.91 Å². The molecule has 0 bridgehead atoms. The molecule has 0 saturated carbocycles. The molecule has 0 aromatic carbocycles. The molecule has 2 N–H and O–H groups in total. The number of rotatable bonds is 3. The van der Waals surface area contributed by atoms with Crippen LogP contribution in [0, 0.1) is 0 Å². The van der Waals surface area contributed by atoms with Gasteiger partial charge in [-0.3, -0.25) is 9.78 Å². The van der Waals surface area contributed by atoms with E-state index in [0.717, 1.165) is 30.9 Å². The first-order chi connectivity index (χ1) is 9.37. The van der Waals surface area contributed by atoms with Crippen LogP contribution in [0.25, 0.3) is 0 Å². The molecule has 0 unspecified atom stereocenters. The second-order valence-electron chi connectivity index (χ2n) is 5.89. The van der Waals surface area contributed by atoms with Crippen molar-refractivity contribution in [2.75, 3.05) is 25.0 Å². The Morgan fingerprint density at radius 3 is 2.65 bits per heavy atom. The summed E-state index contributed by atoms with van der Waals surface area (Å²) >= 11 is 0. The molecule has 5 nitrogen and oxygen atoms in total. The Bertz CT molecular complexity index is 483. The zero-order valence-electron chi connectivity index (χ0n) is 12.8. The van der Waals surface area contributed by atoms with E-state index < -0.39 is 5.54 Å². The van der Waals surface area contributed by atoms with Gasteiger partial charge in [0, 0.05) is 26.2 Å². The number of likely N-dealkylation sites (N-methyl/N-ethyl adjacent to an activating group) is 1. The number of carbonyl (C=O) groups is 1. The van der Waals surface area contributed by atoms with Gasteiger partial charge in [0.15, 0.2) is 0 Å². The minimum absolute atomic E-state index is 0.0221. The summed E-state index contributed by atoms with van der Waals surface area (Å²) in [5.74, 6) is 0.137. The molecule has 1 aliphatic heterocycles. The number of hydrogen-bond donors (Lipinski definition) is 1. The average molecular weight is 276 g/mol. The topological polar surface area (TPSA) is 62.5 Å². The van der Waals surface area contributed by atoms with Crippen molar-refractivity contribution in [3.8, 4) is 0 Å². The van der Waals surface area contributed by atoms with E-state index in [1.165, 1.54) is 0 Å². The summed E-state index contributed by atoms with van der Waals surface area (Å²) in [6, 6.07) is 3.95. The number of nitrogens with zero attached hydrogens (tertiary/aromatic N) is 3. The van der Waals surface area contributed by atoms with Gasteiger partial charge in [-0.05, 0) is 32.4 Å². The molecule has 2 heterocycles. The maximum absolute atomic E-state index is 12.3. The molecule has 1 aromatic rings. The molecular weight excluding hydrogens is 252 g/mol. The third-order valence-electron chi connectivity index (χ3n) is 4.11. The Kier molecular flexibility index (Phi) is 3.99. The molecule has 1 saturated heterocycles. The molecular formula is C15H24N4O. The predicted octanol–water partition coefficient (Wildman–Crippen LogP) is 1.55. The first-order valence-electron chi connectivity index (χ1n) is 7.12. The quantitative estimate of drug-likeness (QED) is 0.910. The first kappa shape index (κ1) is 14.8. The van der Waals surface area contributed by atoms with Crippen molar-refractivity contribution < 1.29 is 4.79 Å². The van der Waals surface area contributed by atoms with Crippen LogP contribution >= 0.6 is 0 Å². The Hall–Kier alpha value is -1.62. The zero-order chi connectivity index (χ0) is 14.9. The Balaban J connectivity index is 2.25. The largest absolute Gasteiger partial charge is 0.354 e. The van der Waals surface area contributed by atoms with Crippen molar-refractivity contribution in [2.24, 2.45) is 5.73 Å². The van der Waals surface area contributed by atoms with Crippen molar-refractivity contribution in [3.63, 3.8) is 0 Å². The van der Waals surface area contributed by atoms with Gasteiger partial charge in [0.1, 0.15) is 5.54 Å². The Morgan fingerprint density at radius 2 is 2.10 bits per heavy atom. The van der Waals surface area contributed by atoms with Crippen LogP contribution in [-0.4, -0.2) is 41.5 Å². The summed E-state index contributed by atoms with van der Waals surface area (Å²) in [6.45, 7) is 7.50. The molecule has 5 heteroatoms. The molecule has 0 radical (unpaired) electrons. The predicted molar refractivity (Wildman–Crippen MR) is 80.5 cm³/mol. The molecule has 1 aromatic heterocycles. The molecule has 20 heavy (non-hydrogen) atoms. The van der Waals surface area contributed by atoms with Crippen LogP contribution in [-0.2, 0) is 4.79 Å². The third-order valence-corrected chi connectivity index (χ3v) is 4.11. The van der Waals surface area contributed by atoms with Gasteiger partial charge in [-0.1, -0.05) is 6.92 Å². The second kappa shape index (κ2) is 5.40. The van der Waals surface area contributed by atoms with Gasteiger partial charge >= 0.3 is 0 Å². The van der Waals surface area contributed by atoms with Gasteiger partial charge < -0.3 is 15.5 Å². The highest BCUT2D eigenvalue weighted by Gasteiger charge is 2.40. The maximum Gasteiger partial charge on any atom is 0.247 e. The molecule has 2 rings (SSSR count). The van der Waals surface area contributed by atoms with Gasteiger partial charge in [-0.2, -0.15) is 0 Å². The minimum atomic E-state index is -0.539. The number of piperazine rings is 1. The molecule has 1 atom stereocenters. The highest BCUT2D eigenvalue weighted by molar-refractivity contribution is 5.90. The van der Waals surface area contributed by atoms with Gasteiger partial charge in [0.25, 0.3) is 0 Å². The van der Waals surface area contributed by atoms with E-state index in [1.807, 2.05) is 46.1 Å². The summed E-state index contributed by atoms with van der Waals surface area (Å²) in [5.41, 5.74) is 7.31. The number of carbonyl (C=O) groups excluding carboxylic acids is 1. The maximum atomic E-state index is 12.3. The van der Waals surface area contributed by atoms with Crippen LogP contribution in [0.5, 0.6) is 0 Å². The van der Waals surface area contributed by atoms with Crippen molar-refractivity contribution in [2.45, 2.75) is 38.8 Å². The average Bonchev–Trinajstić information content (AvgIpc) is 2.44. The van der Waals surface area contributed by atoms with E-state index in [-0.39, 0.29) is 11.9 Å². The van der Waals surface area contributed by atoms with E-state index in [1.54, 1.807) is 4.90 Å². The molecule has 1 aliphatic rings. The fraction of sp³-hybridized carbons (Fsp3) is 0.600. The van der Waals surface area contributed by atoms with Gasteiger partial charge in [0.05, 0.1) is 17.6 Å². The first-order valence-corrected chi connectivity index (χ1v) is 7.12. The van der Waals surface area contributed by atoms with Crippen LogP contribution in [0.4, 0.5) is 5.69 Å². The standard InChI is InChI=1S/C15H24N4O/c1-5-12(16)13-7-6-11(10-17-13)19-9-8-18(4)14(20)15(19,2)3/h6-7,10,12H,5,8-9,16H2,1-4H3/t12-/m1/s1. The van der Waals surface area contributed by atoms with E-state index in [4.69, 9.17) is 5.73 Å². The fourth-order valence-corrected chi connectivity index (χ4v) is 2.65. The summed E-state index contributed by atoms with van der Waals surface area (Å²) in [6.07, 6.45) is 2.69. The lowest BCUT2D eigenvalue weighted by Crippen LogP contribution is -2.62.